The van der Waals surface area contributed by atoms with E-state index in [4.69, 9.17) is 11.6 Å². The van der Waals surface area contributed by atoms with Gasteiger partial charge in [-0.2, -0.15) is 5.10 Å². The van der Waals surface area contributed by atoms with Crippen molar-refractivity contribution >= 4 is 11.6 Å². The normalized spacial score (nSPS) is 14.9. The Balaban J connectivity index is 1.73. The summed E-state index contributed by atoms with van der Waals surface area (Å²) in [6.07, 6.45) is 3.78. The molecule has 0 unspecified atom stereocenters. The minimum atomic E-state index is -0.0472. The molecule has 0 bridgehead atoms. The molecular formula is C23H24ClN3O. The molecule has 1 aliphatic rings. The quantitative estimate of drug-likeness (QED) is 0.629. The third kappa shape index (κ3) is 4.34. The van der Waals surface area contributed by atoms with Crippen LogP contribution in [0.15, 0.2) is 65.5 Å². The van der Waals surface area contributed by atoms with Gasteiger partial charge in [0.25, 0.3) is 5.56 Å². The maximum Gasteiger partial charge on any atom is 0.274 e. The van der Waals surface area contributed by atoms with Gasteiger partial charge in [-0.25, -0.2) is 4.68 Å². The Hall–Kier alpha value is -2.43. The van der Waals surface area contributed by atoms with E-state index in [1.807, 2.05) is 60.7 Å². The van der Waals surface area contributed by atoms with Crippen LogP contribution in [-0.4, -0.2) is 34.3 Å². The highest BCUT2D eigenvalue weighted by molar-refractivity contribution is 6.30. The molecular weight excluding hydrogens is 370 g/mol. The zero-order valence-corrected chi connectivity index (χ0v) is 16.6. The molecule has 2 aromatic carbocycles. The Morgan fingerprint density at radius 1 is 0.857 bits per heavy atom. The first kappa shape index (κ1) is 18.9. The van der Waals surface area contributed by atoms with Crippen LogP contribution in [0, 0.1) is 0 Å². The molecule has 0 amide bonds. The van der Waals surface area contributed by atoms with Gasteiger partial charge in [-0.3, -0.25) is 4.79 Å². The van der Waals surface area contributed by atoms with E-state index in [0.29, 0.717) is 17.1 Å². The highest BCUT2D eigenvalue weighted by Gasteiger charge is 2.14. The number of likely N-dealkylation sites (tertiary alicyclic amines) is 1. The third-order valence-electron chi connectivity index (χ3n) is 5.26. The molecule has 1 saturated heterocycles. The third-order valence-corrected chi connectivity index (χ3v) is 5.49. The number of piperidine rings is 1. The second kappa shape index (κ2) is 8.72. The maximum absolute atomic E-state index is 13.1. The second-order valence-corrected chi connectivity index (χ2v) is 7.69. The minimum Gasteiger partial charge on any atom is -0.301 e. The monoisotopic (exact) mass is 393 g/mol. The molecule has 0 spiro atoms. The van der Waals surface area contributed by atoms with E-state index in [2.05, 4.69) is 10.00 Å². The van der Waals surface area contributed by atoms with E-state index < -0.39 is 0 Å². The lowest BCUT2D eigenvalue weighted by molar-refractivity contribution is 0.216. The number of hydrogen-bond acceptors (Lipinski definition) is 3. The van der Waals surface area contributed by atoms with Crippen molar-refractivity contribution in [2.45, 2.75) is 25.8 Å². The molecule has 144 valence electrons. The van der Waals surface area contributed by atoms with Gasteiger partial charge in [0.15, 0.2) is 0 Å². The molecule has 0 radical (unpaired) electrons. The molecule has 0 atom stereocenters. The van der Waals surface area contributed by atoms with E-state index in [9.17, 15) is 4.79 Å². The van der Waals surface area contributed by atoms with Crippen LogP contribution in [0.3, 0.4) is 0 Å². The first-order valence-corrected chi connectivity index (χ1v) is 10.2. The van der Waals surface area contributed by atoms with Crippen molar-refractivity contribution in [1.29, 1.82) is 0 Å². The standard InChI is InChI=1S/C23H24ClN3O/c24-20-11-7-10-19(16-20)22-17-21(18-8-3-1-4-9-18)23(28)27(25-22)15-14-26-12-5-2-6-13-26/h1,3-4,7-11,16-17H,2,5-6,12-15H2. The fourth-order valence-corrected chi connectivity index (χ4v) is 3.92. The topological polar surface area (TPSA) is 38.1 Å². The number of halogens is 1. The van der Waals surface area contributed by atoms with Crippen molar-refractivity contribution in [3.63, 3.8) is 0 Å². The molecule has 3 aromatic rings. The summed E-state index contributed by atoms with van der Waals surface area (Å²) in [6, 6.07) is 19.3. The molecule has 28 heavy (non-hydrogen) atoms. The summed E-state index contributed by atoms with van der Waals surface area (Å²) in [5.41, 5.74) is 3.21. The average Bonchev–Trinajstić information content (AvgIpc) is 2.74. The fraction of sp³-hybridized carbons (Fsp3) is 0.304. The first-order chi connectivity index (χ1) is 13.7. The maximum atomic E-state index is 13.1. The van der Waals surface area contributed by atoms with Gasteiger partial charge in [-0.05, 0) is 49.7 Å². The summed E-state index contributed by atoms with van der Waals surface area (Å²) in [5.74, 6) is 0. The predicted molar refractivity (Wildman–Crippen MR) is 115 cm³/mol. The lowest BCUT2D eigenvalue weighted by atomic mass is 10.0. The van der Waals surface area contributed by atoms with Gasteiger partial charge in [0.1, 0.15) is 0 Å². The van der Waals surface area contributed by atoms with Crippen LogP contribution in [0.25, 0.3) is 22.4 Å². The molecule has 1 aromatic heterocycles. The number of nitrogens with zero attached hydrogens (tertiary/aromatic N) is 3. The van der Waals surface area contributed by atoms with Gasteiger partial charge in [0.05, 0.1) is 17.8 Å². The molecule has 1 aliphatic heterocycles. The van der Waals surface area contributed by atoms with Crippen molar-refractivity contribution in [3.05, 3.63) is 76.0 Å². The molecule has 0 N–H and O–H groups in total. The smallest absolute Gasteiger partial charge is 0.274 e. The van der Waals surface area contributed by atoms with Crippen LogP contribution >= 0.6 is 11.6 Å². The lowest BCUT2D eigenvalue weighted by Gasteiger charge is -2.26. The van der Waals surface area contributed by atoms with E-state index in [1.54, 1.807) is 4.68 Å². The number of hydrogen-bond donors (Lipinski definition) is 0. The second-order valence-electron chi connectivity index (χ2n) is 7.25. The van der Waals surface area contributed by atoms with Crippen LogP contribution in [0.1, 0.15) is 19.3 Å². The average molecular weight is 394 g/mol. The van der Waals surface area contributed by atoms with Crippen LogP contribution in [-0.2, 0) is 6.54 Å². The number of aromatic nitrogens is 2. The largest absolute Gasteiger partial charge is 0.301 e. The molecule has 0 aliphatic carbocycles. The Morgan fingerprint density at radius 3 is 2.36 bits per heavy atom. The minimum absolute atomic E-state index is 0.0472. The van der Waals surface area contributed by atoms with Crippen molar-refractivity contribution in [2.75, 3.05) is 19.6 Å². The molecule has 0 saturated carbocycles. The fourth-order valence-electron chi connectivity index (χ4n) is 3.73. The van der Waals surface area contributed by atoms with Gasteiger partial charge >= 0.3 is 0 Å². The van der Waals surface area contributed by atoms with Crippen molar-refractivity contribution in [1.82, 2.24) is 14.7 Å². The Bertz CT molecular complexity index is 994. The van der Waals surface area contributed by atoms with Crippen molar-refractivity contribution in [2.24, 2.45) is 0 Å². The lowest BCUT2D eigenvalue weighted by Crippen LogP contribution is -2.35. The number of benzene rings is 2. The summed E-state index contributed by atoms with van der Waals surface area (Å²) >= 11 is 6.18. The van der Waals surface area contributed by atoms with E-state index in [0.717, 1.165) is 36.5 Å². The summed E-state index contributed by atoms with van der Waals surface area (Å²) in [6.45, 7) is 3.65. The van der Waals surface area contributed by atoms with Gasteiger partial charge in [0.2, 0.25) is 0 Å². The molecule has 4 rings (SSSR count). The summed E-state index contributed by atoms with van der Waals surface area (Å²) in [7, 11) is 0. The van der Waals surface area contributed by atoms with Gasteiger partial charge in [0, 0.05) is 17.1 Å². The zero-order chi connectivity index (χ0) is 19.3. The summed E-state index contributed by atoms with van der Waals surface area (Å²) < 4.78 is 1.62. The van der Waals surface area contributed by atoms with Gasteiger partial charge in [-0.1, -0.05) is 60.5 Å². The zero-order valence-electron chi connectivity index (χ0n) is 15.9. The van der Waals surface area contributed by atoms with Crippen LogP contribution in [0.2, 0.25) is 5.02 Å². The van der Waals surface area contributed by atoms with Crippen molar-refractivity contribution < 1.29 is 0 Å². The summed E-state index contributed by atoms with van der Waals surface area (Å²) in [4.78, 5) is 15.6. The molecule has 5 heteroatoms. The van der Waals surface area contributed by atoms with Crippen LogP contribution < -0.4 is 5.56 Å². The Labute approximate surface area is 170 Å². The number of rotatable bonds is 5. The highest BCUT2D eigenvalue weighted by atomic mass is 35.5. The van der Waals surface area contributed by atoms with E-state index in [1.165, 1.54) is 19.3 Å². The predicted octanol–water partition coefficient (Wildman–Crippen LogP) is 4.72. The van der Waals surface area contributed by atoms with E-state index >= 15 is 0 Å². The van der Waals surface area contributed by atoms with Crippen LogP contribution in [0.4, 0.5) is 0 Å². The summed E-state index contributed by atoms with van der Waals surface area (Å²) in [5, 5.41) is 5.33. The molecule has 2 heterocycles. The Morgan fingerprint density at radius 2 is 1.61 bits per heavy atom. The molecule has 4 nitrogen and oxygen atoms in total. The van der Waals surface area contributed by atoms with Gasteiger partial charge < -0.3 is 4.90 Å². The SMILES string of the molecule is O=c1c(-c2ccccc2)cc(-c2cccc(Cl)c2)nn1CCN1CCCCC1. The Kier molecular flexibility index (Phi) is 5.89. The highest BCUT2D eigenvalue weighted by Crippen LogP contribution is 2.24. The van der Waals surface area contributed by atoms with Crippen LogP contribution in [0.5, 0.6) is 0 Å². The molecule has 1 fully saturated rings. The van der Waals surface area contributed by atoms with Gasteiger partial charge in [-0.15, -0.1) is 0 Å². The van der Waals surface area contributed by atoms with E-state index in [-0.39, 0.29) is 5.56 Å². The van der Waals surface area contributed by atoms with Crippen molar-refractivity contribution in [3.8, 4) is 22.4 Å². The first-order valence-electron chi connectivity index (χ1n) is 9.86.